The molecule has 0 spiro atoms. The molecule has 0 aliphatic rings. The molecule has 0 radical (unpaired) electrons. The molecular formula is C11H15NO3. The molecule has 4 nitrogen and oxygen atoms in total. The topological polar surface area (TPSA) is 60.8 Å². The summed E-state index contributed by atoms with van der Waals surface area (Å²) < 4.78 is 0. The van der Waals surface area contributed by atoms with Gasteiger partial charge in [-0.05, 0) is 31.8 Å². The molecule has 15 heavy (non-hydrogen) atoms. The Kier molecular flexibility index (Phi) is 3.68. The molecule has 1 aromatic rings. The maximum Gasteiger partial charge on any atom is 0.305 e. The van der Waals surface area contributed by atoms with Crippen LogP contribution in [-0.2, 0) is 4.79 Å². The first-order valence-corrected chi connectivity index (χ1v) is 4.68. The predicted octanol–water partition coefficient (Wildman–Crippen LogP) is 1.47. The molecule has 1 aromatic carbocycles. The van der Waals surface area contributed by atoms with Crippen LogP contribution in [-0.4, -0.2) is 35.2 Å². The summed E-state index contributed by atoms with van der Waals surface area (Å²) in [7, 11) is 3.67. The van der Waals surface area contributed by atoms with Crippen molar-refractivity contribution in [1.82, 2.24) is 4.90 Å². The lowest BCUT2D eigenvalue weighted by Gasteiger charge is -2.23. The van der Waals surface area contributed by atoms with Gasteiger partial charge in [0.15, 0.2) is 0 Å². The number of phenols is 1. The van der Waals surface area contributed by atoms with Gasteiger partial charge in [-0.3, -0.25) is 4.79 Å². The molecule has 0 aromatic heterocycles. The van der Waals surface area contributed by atoms with Crippen LogP contribution >= 0.6 is 0 Å². The lowest BCUT2D eigenvalue weighted by atomic mass is 10.0. The van der Waals surface area contributed by atoms with E-state index in [9.17, 15) is 4.79 Å². The number of aromatic hydroxyl groups is 1. The SMILES string of the molecule is CN(C)C(CC(=O)O)c1ccc(O)cc1. The quantitative estimate of drug-likeness (QED) is 0.788. The van der Waals surface area contributed by atoms with E-state index in [-0.39, 0.29) is 18.2 Å². The van der Waals surface area contributed by atoms with Crippen molar-refractivity contribution in [3.63, 3.8) is 0 Å². The minimum absolute atomic E-state index is 0.0533. The number of phenolic OH excluding ortho intramolecular Hbond substituents is 1. The number of benzene rings is 1. The summed E-state index contributed by atoms with van der Waals surface area (Å²) in [5.41, 5.74) is 0.889. The zero-order valence-electron chi connectivity index (χ0n) is 8.84. The van der Waals surface area contributed by atoms with Crippen LogP contribution in [0.4, 0.5) is 0 Å². The number of carbonyl (C=O) groups is 1. The number of carboxylic acid groups (broad SMARTS) is 1. The van der Waals surface area contributed by atoms with Crippen molar-refractivity contribution in [3.05, 3.63) is 29.8 Å². The molecule has 0 saturated carbocycles. The van der Waals surface area contributed by atoms with Crippen molar-refractivity contribution in [1.29, 1.82) is 0 Å². The summed E-state index contributed by atoms with van der Waals surface area (Å²) in [6.45, 7) is 0. The number of rotatable bonds is 4. The van der Waals surface area contributed by atoms with Gasteiger partial charge in [0.1, 0.15) is 5.75 Å². The standard InChI is InChI=1S/C11H15NO3/c1-12(2)10(7-11(14)15)8-3-5-9(13)6-4-8/h3-6,10,13H,7H2,1-2H3,(H,14,15). The largest absolute Gasteiger partial charge is 0.508 e. The van der Waals surface area contributed by atoms with Crippen LogP contribution in [0.25, 0.3) is 0 Å². The normalized spacial score (nSPS) is 12.7. The third kappa shape index (κ3) is 3.25. The van der Waals surface area contributed by atoms with Crippen molar-refractivity contribution >= 4 is 5.97 Å². The number of carboxylic acids is 1. The molecule has 1 atom stereocenters. The highest BCUT2D eigenvalue weighted by atomic mass is 16.4. The molecule has 0 aliphatic carbocycles. The Balaban J connectivity index is 2.88. The Hall–Kier alpha value is -1.55. The van der Waals surface area contributed by atoms with Gasteiger partial charge in [-0.25, -0.2) is 0 Å². The minimum Gasteiger partial charge on any atom is -0.508 e. The van der Waals surface area contributed by atoms with Gasteiger partial charge in [-0.2, -0.15) is 0 Å². The molecule has 1 rings (SSSR count). The van der Waals surface area contributed by atoms with Gasteiger partial charge >= 0.3 is 5.97 Å². The van der Waals surface area contributed by atoms with E-state index >= 15 is 0 Å². The van der Waals surface area contributed by atoms with Crippen molar-refractivity contribution in [3.8, 4) is 5.75 Å². The maximum atomic E-state index is 10.7. The van der Waals surface area contributed by atoms with Crippen molar-refractivity contribution in [2.45, 2.75) is 12.5 Å². The van der Waals surface area contributed by atoms with Gasteiger partial charge in [0.05, 0.1) is 6.42 Å². The van der Waals surface area contributed by atoms with Crippen LogP contribution in [0.2, 0.25) is 0 Å². The summed E-state index contributed by atoms with van der Waals surface area (Å²) in [5.74, 6) is -0.645. The first kappa shape index (κ1) is 11.5. The molecule has 0 aliphatic heterocycles. The van der Waals surface area contributed by atoms with Gasteiger partial charge in [-0.1, -0.05) is 12.1 Å². The van der Waals surface area contributed by atoms with Gasteiger partial charge < -0.3 is 15.1 Å². The Bertz CT molecular complexity index is 332. The third-order valence-corrected chi connectivity index (χ3v) is 2.27. The van der Waals surface area contributed by atoms with Gasteiger partial charge in [-0.15, -0.1) is 0 Å². The van der Waals surface area contributed by atoms with Crippen LogP contribution in [0.5, 0.6) is 5.75 Å². The second kappa shape index (κ2) is 4.79. The lowest BCUT2D eigenvalue weighted by Crippen LogP contribution is -2.22. The van der Waals surface area contributed by atoms with E-state index in [1.165, 1.54) is 0 Å². The minimum atomic E-state index is -0.832. The van der Waals surface area contributed by atoms with Crippen LogP contribution < -0.4 is 0 Å². The van der Waals surface area contributed by atoms with Crippen molar-refractivity contribution < 1.29 is 15.0 Å². The Morgan fingerprint density at radius 2 is 1.87 bits per heavy atom. The van der Waals surface area contributed by atoms with Gasteiger partial charge in [0.25, 0.3) is 0 Å². The van der Waals surface area contributed by atoms with Crippen LogP contribution in [0.3, 0.4) is 0 Å². The van der Waals surface area contributed by atoms with E-state index in [0.717, 1.165) is 5.56 Å². The van der Waals surface area contributed by atoms with E-state index in [0.29, 0.717) is 0 Å². The number of aliphatic carboxylic acids is 1. The van der Waals surface area contributed by atoms with Crippen molar-refractivity contribution in [2.24, 2.45) is 0 Å². The summed E-state index contributed by atoms with van der Waals surface area (Å²) in [6.07, 6.45) is 0.0533. The molecule has 1 unspecified atom stereocenters. The second-order valence-electron chi connectivity index (χ2n) is 3.67. The van der Waals surface area contributed by atoms with E-state index in [1.54, 1.807) is 24.3 Å². The van der Waals surface area contributed by atoms with Gasteiger partial charge in [0, 0.05) is 6.04 Å². The molecule has 0 saturated heterocycles. The highest BCUT2D eigenvalue weighted by molar-refractivity contribution is 5.67. The highest BCUT2D eigenvalue weighted by Gasteiger charge is 2.17. The molecule has 0 heterocycles. The van der Waals surface area contributed by atoms with E-state index in [1.807, 2.05) is 19.0 Å². The maximum absolute atomic E-state index is 10.7. The lowest BCUT2D eigenvalue weighted by molar-refractivity contribution is -0.138. The van der Waals surface area contributed by atoms with Crippen molar-refractivity contribution in [2.75, 3.05) is 14.1 Å². The monoisotopic (exact) mass is 209 g/mol. The molecule has 2 N–H and O–H groups in total. The van der Waals surface area contributed by atoms with Crippen LogP contribution in [0.15, 0.2) is 24.3 Å². The number of nitrogens with zero attached hydrogens (tertiary/aromatic N) is 1. The second-order valence-corrected chi connectivity index (χ2v) is 3.67. The molecule has 0 bridgehead atoms. The van der Waals surface area contributed by atoms with Crippen LogP contribution in [0, 0.1) is 0 Å². The fourth-order valence-corrected chi connectivity index (χ4v) is 1.46. The fourth-order valence-electron chi connectivity index (χ4n) is 1.46. The summed E-state index contributed by atoms with van der Waals surface area (Å²) in [4.78, 5) is 12.5. The average molecular weight is 209 g/mol. The molecule has 4 heteroatoms. The predicted molar refractivity (Wildman–Crippen MR) is 56.8 cm³/mol. The fraction of sp³-hybridized carbons (Fsp3) is 0.364. The van der Waals surface area contributed by atoms with E-state index < -0.39 is 5.97 Å². The Morgan fingerprint density at radius 3 is 2.27 bits per heavy atom. The first-order chi connectivity index (χ1) is 7.00. The molecule has 0 amide bonds. The molecule has 0 fully saturated rings. The smallest absolute Gasteiger partial charge is 0.305 e. The number of hydrogen-bond donors (Lipinski definition) is 2. The number of hydrogen-bond acceptors (Lipinski definition) is 3. The van der Waals surface area contributed by atoms with E-state index in [4.69, 9.17) is 10.2 Å². The van der Waals surface area contributed by atoms with E-state index in [2.05, 4.69) is 0 Å². The first-order valence-electron chi connectivity index (χ1n) is 4.68. The Morgan fingerprint density at radius 1 is 1.33 bits per heavy atom. The highest BCUT2D eigenvalue weighted by Crippen LogP contribution is 2.23. The zero-order valence-corrected chi connectivity index (χ0v) is 8.84. The third-order valence-electron chi connectivity index (χ3n) is 2.27. The molecule has 82 valence electrons. The van der Waals surface area contributed by atoms with Gasteiger partial charge in [0.2, 0.25) is 0 Å². The summed E-state index contributed by atoms with van der Waals surface area (Å²) in [5, 5.41) is 17.9. The summed E-state index contributed by atoms with van der Waals surface area (Å²) >= 11 is 0. The average Bonchev–Trinajstić information content (AvgIpc) is 2.15. The molecular weight excluding hydrogens is 194 g/mol. The van der Waals surface area contributed by atoms with Crippen LogP contribution in [0.1, 0.15) is 18.0 Å². The summed E-state index contributed by atoms with van der Waals surface area (Å²) in [6, 6.07) is 6.44. The zero-order chi connectivity index (χ0) is 11.4. The Labute approximate surface area is 88.8 Å².